The topological polar surface area (TPSA) is 20.2 Å². The summed E-state index contributed by atoms with van der Waals surface area (Å²) in [4.78, 5) is 1.21. The molecule has 0 aliphatic heterocycles. The van der Waals surface area contributed by atoms with Crippen LogP contribution in [-0.4, -0.2) is 16.5 Å². The summed E-state index contributed by atoms with van der Waals surface area (Å²) in [6, 6.07) is 7.91. The van der Waals surface area contributed by atoms with Crippen molar-refractivity contribution < 1.29 is 5.11 Å². The molecule has 0 radical (unpaired) electrons. The van der Waals surface area contributed by atoms with Crippen LogP contribution in [0.2, 0.25) is 5.02 Å². The Morgan fingerprint density at radius 2 is 1.65 bits per heavy atom. The Kier molecular flexibility index (Phi) is 5.20. The fourth-order valence-corrected chi connectivity index (χ4v) is 3.60. The first-order valence-electron chi connectivity index (χ1n) is 6.36. The van der Waals surface area contributed by atoms with Gasteiger partial charge in [0.05, 0.1) is 6.10 Å². The molecule has 2 atom stereocenters. The van der Waals surface area contributed by atoms with E-state index in [9.17, 15) is 5.11 Å². The second-order valence-electron chi connectivity index (χ2n) is 4.67. The number of hydrogen-bond acceptors (Lipinski definition) is 2. The highest BCUT2D eigenvalue weighted by Crippen LogP contribution is 2.32. The first kappa shape index (κ1) is 13.3. The molecule has 94 valence electrons. The Bertz CT molecular complexity index is 339. The molecule has 0 saturated heterocycles. The van der Waals surface area contributed by atoms with E-state index in [1.807, 2.05) is 24.3 Å². The predicted molar refractivity (Wildman–Crippen MR) is 74.8 cm³/mol. The van der Waals surface area contributed by atoms with E-state index in [-0.39, 0.29) is 6.10 Å². The summed E-state index contributed by atoms with van der Waals surface area (Å²) < 4.78 is 0. The van der Waals surface area contributed by atoms with Crippen LogP contribution in [0.5, 0.6) is 0 Å². The average molecular weight is 271 g/mol. The van der Waals surface area contributed by atoms with Gasteiger partial charge in [0.2, 0.25) is 0 Å². The van der Waals surface area contributed by atoms with Gasteiger partial charge in [-0.15, -0.1) is 11.8 Å². The van der Waals surface area contributed by atoms with E-state index in [1.165, 1.54) is 30.6 Å². The van der Waals surface area contributed by atoms with Gasteiger partial charge in [0.25, 0.3) is 0 Å². The van der Waals surface area contributed by atoms with Gasteiger partial charge >= 0.3 is 0 Å². The van der Waals surface area contributed by atoms with Crippen LogP contribution < -0.4 is 0 Å². The summed E-state index contributed by atoms with van der Waals surface area (Å²) in [7, 11) is 0. The lowest BCUT2D eigenvalue weighted by Crippen LogP contribution is -2.24. The van der Waals surface area contributed by atoms with Gasteiger partial charge in [0.1, 0.15) is 0 Å². The van der Waals surface area contributed by atoms with Crippen molar-refractivity contribution in [1.82, 2.24) is 0 Å². The molecule has 0 aromatic heterocycles. The molecule has 1 N–H and O–H groups in total. The van der Waals surface area contributed by atoms with Crippen LogP contribution in [0.1, 0.15) is 38.5 Å². The van der Waals surface area contributed by atoms with Gasteiger partial charge in [-0.1, -0.05) is 37.3 Å². The van der Waals surface area contributed by atoms with Crippen LogP contribution in [0.4, 0.5) is 0 Å². The zero-order chi connectivity index (χ0) is 12.1. The highest BCUT2D eigenvalue weighted by atomic mass is 35.5. The molecule has 1 aliphatic rings. The molecule has 1 fully saturated rings. The Balaban J connectivity index is 1.97. The van der Waals surface area contributed by atoms with Gasteiger partial charge in [0.15, 0.2) is 0 Å². The van der Waals surface area contributed by atoms with Crippen LogP contribution in [0.15, 0.2) is 29.2 Å². The van der Waals surface area contributed by atoms with E-state index >= 15 is 0 Å². The fourth-order valence-electron chi connectivity index (χ4n) is 2.26. The quantitative estimate of drug-likeness (QED) is 0.853. The zero-order valence-electron chi connectivity index (χ0n) is 9.94. The van der Waals surface area contributed by atoms with Crippen LogP contribution in [0, 0.1) is 0 Å². The number of benzene rings is 1. The molecule has 1 saturated carbocycles. The molecule has 0 heterocycles. The SMILES string of the molecule is OC1CCCCCCC1Sc1ccc(Cl)cc1. The number of thioether (sulfide) groups is 1. The first-order chi connectivity index (χ1) is 8.25. The Labute approximate surface area is 113 Å². The van der Waals surface area contributed by atoms with Crippen LogP contribution in [-0.2, 0) is 0 Å². The van der Waals surface area contributed by atoms with Crippen LogP contribution in [0.25, 0.3) is 0 Å². The van der Waals surface area contributed by atoms with E-state index in [1.54, 1.807) is 11.8 Å². The maximum Gasteiger partial charge on any atom is 0.0662 e. The molecular formula is C14H19ClOS. The lowest BCUT2D eigenvalue weighted by molar-refractivity contribution is 0.148. The second kappa shape index (κ2) is 6.67. The summed E-state index contributed by atoms with van der Waals surface area (Å²) in [5.41, 5.74) is 0. The van der Waals surface area contributed by atoms with Crippen molar-refractivity contribution in [3.63, 3.8) is 0 Å². The molecular weight excluding hydrogens is 252 g/mol. The van der Waals surface area contributed by atoms with Crippen molar-refractivity contribution in [3.05, 3.63) is 29.3 Å². The molecule has 3 heteroatoms. The smallest absolute Gasteiger partial charge is 0.0662 e. The molecule has 17 heavy (non-hydrogen) atoms. The lowest BCUT2D eigenvalue weighted by Gasteiger charge is -2.24. The molecule has 2 rings (SSSR count). The minimum Gasteiger partial charge on any atom is -0.392 e. The van der Waals surface area contributed by atoms with Gasteiger partial charge < -0.3 is 5.11 Å². The van der Waals surface area contributed by atoms with Gasteiger partial charge in [-0.3, -0.25) is 0 Å². The largest absolute Gasteiger partial charge is 0.392 e. The van der Waals surface area contributed by atoms with Crippen molar-refractivity contribution in [2.75, 3.05) is 0 Å². The van der Waals surface area contributed by atoms with Crippen molar-refractivity contribution in [3.8, 4) is 0 Å². The molecule has 0 amide bonds. The fraction of sp³-hybridized carbons (Fsp3) is 0.571. The minimum atomic E-state index is -0.157. The second-order valence-corrected chi connectivity index (χ2v) is 6.42. The van der Waals surface area contributed by atoms with E-state index in [0.29, 0.717) is 5.25 Å². The van der Waals surface area contributed by atoms with Gasteiger partial charge in [0, 0.05) is 15.2 Å². The third kappa shape index (κ3) is 4.20. The molecule has 1 aliphatic carbocycles. The molecule has 1 aromatic rings. The molecule has 0 spiro atoms. The lowest BCUT2D eigenvalue weighted by atomic mass is 9.98. The Hall–Kier alpha value is -0.180. The van der Waals surface area contributed by atoms with Crippen molar-refractivity contribution in [1.29, 1.82) is 0 Å². The summed E-state index contributed by atoms with van der Waals surface area (Å²) >= 11 is 7.67. The number of hydrogen-bond donors (Lipinski definition) is 1. The summed E-state index contributed by atoms with van der Waals surface area (Å²) in [6.07, 6.45) is 6.90. The van der Waals surface area contributed by atoms with E-state index in [4.69, 9.17) is 11.6 Å². The van der Waals surface area contributed by atoms with Gasteiger partial charge in [-0.05, 0) is 37.1 Å². The van der Waals surface area contributed by atoms with Crippen molar-refractivity contribution >= 4 is 23.4 Å². The number of halogens is 1. The van der Waals surface area contributed by atoms with Gasteiger partial charge in [-0.25, -0.2) is 0 Å². The van der Waals surface area contributed by atoms with Crippen LogP contribution in [0.3, 0.4) is 0 Å². The highest BCUT2D eigenvalue weighted by molar-refractivity contribution is 8.00. The first-order valence-corrected chi connectivity index (χ1v) is 7.62. The van der Waals surface area contributed by atoms with E-state index in [2.05, 4.69) is 0 Å². The normalized spacial score (nSPS) is 26.2. The third-order valence-corrected chi connectivity index (χ3v) is 4.92. The van der Waals surface area contributed by atoms with Gasteiger partial charge in [-0.2, -0.15) is 0 Å². The summed E-state index contributed by atoms with van der Waals surface area (Å²) in [6.45, 7) is 0. The van der Waals surface area contributed by atoms with Crippen LogP contribution >= 0.6 is 23.4 Å². The van der Waals surface area contributed by atoms with Crippen molar-refractivity contribution in [2.24, 2.45) is 0 Å². The molecule has 2 unspecified atom stereocenters. The van der Waals surface area contributed by atoms with Crippen molar-refractivity contribution in [2.45, 2.75) is 54.8 Å². The monoisotopic (exact) mass is 270 g/mol. The maximum absolute atomic E-state index is 10.1. The van der Waals surface area contributed by atoms with E-state index in [0.717, 1.165) is 17.9 Å². The molecule has 0 bridgehead atoms. The standard InChI is InChI=1S/C14H19ClOS/c15-11-7-9-12(10-8-11)17-14-6-4-2-1-3-5-13(14)16/h7-10,13-14,16H,1-6H2. The Morgan fingerprint density at radius 1 is 1.00 bits per heavy atom. The predicted octanol–water partition coefficient (Wildman–Crippen LogP) is 4.52. The molecule has 1 aromatic carbocycles. The summed E-state index contributed by atoms with van der Waals surface area (Å²) in [5.74, 6) is 0. The number of aliphatic hydroxyl groups excluding tert-OH is 1. The third-order valence-electron chi connectivity index (χ3n) is 3.27. The average Bonchev–Trinajstić information content (AvgIpc) is 2.31. The number of aliphatic hydroxyl groups is 1. The number of rotatable bonds is 2. The van der Waals surface area contributed by atoms with E-state index < -0.39 is 0 Å². The molecule has 1 nitrogen and oxygen atoms in total. The highest BCUT2D eigenvalue weighted by Gasteiger charge is 2.21. The zero-order valence-corrected chi connectivity index (χ0v) is 11.5. The Morgan fingerprint density at radius 3 is 2.35 bits per heavy atom. The summed E-state index contributed by atoms with van der Waals surface area (Å²) in [5, 5.41) is 11.3. The maximum atomic E-state index is 10.1. The minimum absolute atomic E-state index is 0.157.